The fourth-order valence-corrected chi connectivity index (χ4v) is 3.24. The molecule has 9 heteroatoms. The van der Waals surface area contributed by atoms with Gasteiger partial charge in [0.25, 0.3) is 0 Å². The van der Waals surface area contributed by atoms with Crippen molar-refractivity contribution in [1.29, 1.82) is 0 Å². The van der Waals surface area contributed by atoms with Crippen LogP contribution >= 0.6 is 0 Å². The van der Waals surface area contributed by atoms with E-state index in [9.17, 15) is 4.39 Å². The van der Waals surface area contributed by atoms with Gasteiger partial charge >= 0.3 is 11.9 Å². The monoisotopic (exact) mass is 434 g/mol. The number of aliphatic carboxylic acids is 2. The van der Waals surface area contributed by atoms with E-state index in [1.807, 2.05) is 18.2 Å². The highest BCUT2D eigenvalue weighted by Gasteiger charge is 2.18. The Bertz CT molecular complexity index is 872. The molecule has 1 aliphatic rings. The van der Waals surface area contributed by atoms with E-state index in [4.69, 9.17) is 29.3 Å². The van der Waals surface area contributed by atoms with Crippen molar-refractivity contribution in [1.82, 2.24) is 9.80 Å². The second-order valence-electron chi connectivity index (χ2n) is 6.98. The lowest BCUT2D eigenvalue weighted by Crippen LogP contribution is -2.45. The number of hydrogen-bond acceptors (Lipinski definition) is 6. The Kier molecular flexibility index (Phi) is 9.23. The van der Waals surface area contributed by atoms with Crippen LogP contribution < -0.4 is 9.47 Å². The van der Waals surface area contributed by atoms with Gasteiger partial charge in [-0.1, -0.05) is 18.2 Å². The summed E-state index contributed by atoms with van der Waals surface area (Å²) in [4.78, 5) is 23.0. The molecule has 0 bridgehead atoms. The highest BCUT2D eigenvalue weighted by atomic mass is 19.1. The molecule has 2 N–H and O–H groups in total. The maximum Gasteiger partial charge on any atom is 0.414 e. The zero-order valence-electron chi connectivity index (χ0n) is 17.6. The summed E-state index contributed by atoms with van der Waals surface area (Å²) in [5.74, 6) is -2.29. The Labute approximate surface area is 180 Å². The Hall–Kier alpha value is -3.17. The molecule has 8 nitrogen and oxygen atoms in total. The van der Waals surface area contributed by atoms with Crippen molar-refractivity contribution < 1.29 is 33.7 Å². The van der Waals surface area contributed by atoms with Crippen LogP contribution in [0.25, 0.3) is 0 Å². The van der Waals surface area contributed by atoms with E-state index < -0.39 is 11.9 Å². The minimum absolute atomic E-state index is 0.162. The lowest BCUT2D eigenvalue weighted by Gasteiger charge is -2.34. The molecule has 0 atom stereocenters. The lowest BCUT2D eigenvalue weighted by molar-refractivity contribution is -0.159. The van der Waals surface area contributed by atoms with Crippen molar-refractivity contribution in [2.75, 3.05) is 40.4 Å². The molecule has 0 radical (unpaired) electrons. The number of piperazine rings is 1. The predicted octanol–water partition coefficient (Wildman–Crippen LogP) is 2.32. The molecular formula is C22H27FN2O6. The van der Waals surface area contributed by atoms with Crippen LogP contribution in [0.5, 0.6) is 11.5 Å². The van der Waals surface area contributed by atoms with Gasteiger partial charge in [0.05, 0.1) is 14.2 Å². The first kappa shape index (κ1) is 24.1. The number of carboxylic acids is 2. The van der Waals surface area contributed by atoms with Gasteiger partial charge in [-0.15, -0.1) is 0 Å². The molecule has 2 aromatic rings. The van der Waals surface area contributed by atoms with E-state index in [1.165, 1.54) is 11.6 Å². The van der Waals surface area contributed by atoms with E-state index in [0.29, 0.717) is 0 Å². The van der Waals surface area contributed by atoms with Crippen LogP contribution in [0.2, 0.25) is 0 Å². The summed E-state index contributed by atoms with van der Waals surface area (Å²) in [6, 6.07) is 12.9. The molecule has 1 aliphatic heterocycles. The van der Waals surface area contributed by atoms with Gasteiger partial charge in [-0.25, -0.2) is 14.0 Å². The van der Waals surface area contributed by atoms with Gasteiger partial charge in [-0.3, -0.25) is 9.80 Å². The van der Waals surface area contributed by atoms with Crippen molar-refractivity contribution in [3.05, 3.63) is 59.4 Å². The maximum atomic E-state index is 13.3. The SMILES string of the molecule is COc1ccc(CN2CCN(Cc3cccc(F)c3)CC2)cc1OC.O=C(O)C(=O)O. The van der Waals surface area contributed by atoms with Crippen LogP contribution in [0.1, 0.15) is 11.1 Å². The van der Waals surface area contributed by atoms with Crippen molar-refractivity contribution in [2.45, 2.75) is 13.1 Å². The van der Waals surface area contributed by atoms with Gasteiger partial charge in [-0.05, 0) is 35.4 Å². The molecule has 1 fully saturated rings. The van der Waals surface area contributed by atoms with Crippen LogP contribution in [0.3, 0.4) is 0 Å². The van der Waals surface area contributed by atoms with Crippen LogP contribution in [0.4, 0.5) is 4.39 Å². The van der Waals surface area contributed by atoms with Gasteiger partial charge in [0.1, 0.15) is 5.82 Å². The zero-order chi connectivity index (χ0) is 22.8. The predicted molar refractivity (Wildman–Crippen MR) is 112 cm³/mol. The molecule has 31 heavy (non-hydrogen) atoms. The zero-order valence-corrected chi connectivity index (χ0v) is 17.6. The number of ether oxygens (including phenoxy) is 2. The molecule has 168 valence electrons. The number of hydrogen-bond donors (Lipinski definition) is 2. The molecular weight excluding hydrogens is 407 g/mol. The van der Waals surface area contributed by atoms with Gasteiger partial charge in [0.15, 0.2) is 11.5 Å². The molecule has 3 rings (SSSR count). The van der Waals surface area contributed by atoms with Gasteiger partial charge in [0, 0.05) is 39.3 Å². The minimum atomic E-state index is -1.82. The second-order valence-corrected chi connectivity index (χ2v) is 6.98. The number of benzene rings is 2. The molecule has 0 aromatic heterocycles. The van der Waals surface area contributed by atoms with Gasteiger partial charge < -0.3 is 19.7 Å². The molecule has 0 saturated carbocycles. The normalized spacial score (nSPS) is 14.3. The number of carbonyl (C=O) groups is 2. The molecule has 0 amide bonds. The summed E-state index contributed by atoms with van der Waals surface area (Å²) in [6.07, 6.45) is 0. The number of rotatable bonds is 6. The van der Waals surface area contributed by atoms with Crippen LogP contribution in [-0.2, 0) is 22.7 Å². The third kappa shape index (κ3) is 7.88. The quantitative estimate of drug-likeness (QED) is 0.669. The van der Waals surface area contributed by atoms with E-state index in [-0.39, 0.29) is 5.82 Å². The number of carboxylic acid groups (broad SMARTS) is 2. The summed E-state index contributed by atoms with van der Waals surface area (Å²) in [6.45, 7) is 5.69. The van der Waals surface area contributed by atoms with Crippen LogP contribution in [0.15, 0.2) is 42.5 Å². The Morgan fingerprint density at radius 3 is 1.81 bits per heavy atom. The van der Waals surface area contributed by atoms with E-state index in [1.54, 1.807) is 26.4 Å². The van der Waals surface area contributed by atoms with Gasteiger partial charge in [0.2, 0.25) is 0 Å². The average Bonchev–Trinajstić information content (AvgIpc) is 2.75. The Balaban J connectivity index is 0.000000501. The number of methoxy groups -OCH3 is 2. The summed E-state index contributed by atoms with van der Waals surface area (Å²) < 4.78 is 24.0. The second kappa shape index (κ2) is 11.9. The number of halogens is 1. The van der Waals surface area contributed by atoms with E-state index >= 15 is 0 Å². The van der Waals surface area contributed by atoms with Crippen molar-refractivity contribution >= 4 is 11.9 Å². The lowest BCUT2D eigenvalue weighted by atomic mass is 10.1. The molecule has 0 unspecified atom stereocenters. The molecule has 0 aliphatic carbocycles. The van der Waals surface area contributed by atoms with E-state index in [0.717, 1.165) is 56.3 Å². The topological polar surface area (TPSA) is 99.5 Å². The highest BCUT2D eigenvalue weighted by Crippen LogP contribution is 2.28. The summed E-state index contributed by atoms with van der Waals surface area (Å²) >= 11 is 0. The smallest absolute Gasteiger partial charge is 0.414 e. The van der Waals surface area contributed by atoms with Crippen molar-refractivity contribution in [3.63, 3.8) is 0 Å². The first-order valence-corrected chi connectivity index (χ1v) is 9.68. The third-order valence-electron chi connectivity index (χ3n) is 4.80. The standard InChI is InChI=1S/C20H25FN2O2.C2H2O4/c1-24-19-7-6-17(13-20(19)25-2)15-23-10-8-22(9-11-23)14-16-4-3-5-18(21)12-16;3-1(4)2(5)6/h3-7,12-13H,8-11,14-15H2,1-2H3;(H,3,4)(H,5,6). The van der Waals surface area contributed by atoms with Crippen molar-refractivity contribution in [2.24, 2.45) is 0 Å². The largest absolute Gasteiger partial charge is 0.493 e. The first-order valence-electron chi connectivity index (χ1n) is 9.68. The van der Waals surface area contributed by atoms with Gasteiger partial charge in [-0.2, -0.15) is 0 Å². The minimum Gasteiger partial charge on any atom is -0.493 e. The summed E-state index contributed by atoms with van der Waals surface area (Å²) in [5.41, 5.74) is 2.25. The fraction of sp³-hybridized carbons (Fsp3) is 0.364. The maximum absolute atomic E-state index is 13.3. The molecule has 1 heterocycles. The first-order chi connectivity index (χ1) is 14.8. The van der Waals surface area contributed by atoms with E-state index in [2.05, 4.69) is 15.9 Å². The van der Waals surface area contributed by atoms with Crippen LogP contribution in [-0.4, -0.2) is 72.4 Å². The molecule has 1 saturated heterocycles. The average molecular weight is 434 g/mol. The van der Waals surface area contributed by atoms with Crippen LogP contribution in [0, 0.1) is 5.82 Å². The highest BCUT2D eigenvalue weighted by molar-refractivity contribution is 6.27. The Morgan fingerprint density at radius 1 is 0.839 bits per heavy atom. The number of nitrogens with zero attached hydrogens (tertiary/aromatic N) is 2. The molecule has 0 spiro atoms. The fourth-order valence-electron chi connectivity index (χ4n) is 3.24. The molecule has 2 aromatic carbocycles. The van der Waals surface area contributed by atoms with Crippen molar-refractivity contribution in [3.8, 4) is 11.5 Å². The summed E-state index contributed by atoms with van der Waals surface area (Å²) in [7, 11) is 3.31. The summed E-state index contributed by atoms with van der Waals surface area (Å²) in [5, 5.41) is 14.8. The Morgan fingerprint density at radius 2 is 1.35 bits per heavy atom. The third-order valence-corrected chi connectivity index (χ3v) is 4.80.